The van der Waals surface area contributed by atoms with Crippen molar-refractivity contribution in [1.29, 1.82) is 0 Å². The Morgan fingerprint density at radius 2 is 1.81 bits per heavy atom. The Kier molecular flexibility index (Phi) is 3.14. The molecule has 1 heterocycles. The maximum absolute atomic E-state index is 12.6. The largest absolute Gasteiger partial charge is 0.465 e. The van der Waals surface area contributed by atoms with Gasteiger partial charge in [0.1, 0.15) is 11.3 Å². The molecular weight excluding hydrogens is 296 g/mol. The highest BCUT2D eigenvalue weighted by Gasteiger charge is 2.39. The minimum Gasteiger partial charge on any atom is -0.465 e. The molecule has 1 aliphatic rings. The highest BCUT2D eigenvalue weighted by molar-refractivity contribution is 6.30. The summed E-state index contributed by atoms with van der Waals surface area (Å²) in [6.45, 7) is 0. The predicted octanol–water partition coefficient (Wildman–Crippen LogP) is 2.58. The van der Waals surface area contributed by atoms with Crippen LogP contribution in [0.2, 0.25) is 0 Å². The molecule has 0 N–H and O–H groups in total. The van der Waals surface area contributed by atoms with Crippen molar-refractivity contribution in [3.8, 4) is 0 Å². The van der Waals surface area contributed by atoms with Crippen LogP contribution in [0.5, 0.6) is 0 Å². The molecule has 0 bridgehead atoms. The van der Waals surface area contributed by atoms with Gasteiger partial charge in [0.05, 0.1) is 18.6 Å². The van der Waals surface area contributed by atoms with E-state index in [0.717, 1.165) is 0 Å². The number of carbonyl (C=O) groups excluding carboxylic acids is 3. The summed E-state index contributed by atoms with van der Waals surface area (Å²) in [6.07, 6.45) is 0. The van der Waals surface area contributed by atoms with Crippen LogP contribution in [0.3, 0.4) is 0 Å². The second-order valence-electron chi connectivity index (χ2n) is 4.43. The average Bonchev–Trinajstić information content (AvgIpc) is 2.91. The molecule has 0 aliphatic heterocycles. The van der Waals surface area contributed by atoms with Gasteiger partial charge in [-0.15, -0.1) is 11.6 Å². The quantitative estimate of drug-likeness (QED) is 0.537. The number of furan rings is 1. The van der Waals surface area contributed by atoms with Crippen molar-refractivity contribution in [3.05, 3.63) is 58.0 Å². The van der Waals surface area contributed by atoms with Gasteiger partial charge in [-0.3, -0.25) is 9.59 Å². The monoisotopic (exact) mass is 304 g/mol. The molecule has 0 spiro atoms. The fourth-order valence-corrected chi connectivity index (χ4v) is 2.59. The first-order valence-electron chi connectivity index (χ1n) is 6.08. The third-order valence-corrected chi connectivity index (χ3v) is 3.58. The number of ketones is 2. The van der Waals surface area contributed by atoms with E-state index in [1.54, 1.807) is 18.2 Å². The van der Waals surface area contributed by atoms with Crippen LogP contribution < -0.4 is 0 Å². The summed E-state index contributed by atoms with van der Waals surface area (Å²) in [5.41, 5.74) is 0.347. The van der Waals surface area contributed by atoms with Gasteiger partial charge in [0.25, 0.3) is 0 Å². The minimum atomic E-state index is -0.754. The lowest BCUT2D eigenvalue weighted by Crippen LogP contribution is -2.21. The van der Waals surface area contributed by atoms with Gasteiger partial charge in [-0.2, -0.15) is 0 Å². The first kappa shape index (κ1) is 13.6. The number of hydrogen-bond donors (Lipinski definition) is 0. The van der Waals surface area contributed by atoms with E-state index in [4.69, 9.17) is 16.0 Å². The lowest BCUT2D eigenvalue weighted by atomic mass is 9.86. The van der Waals surface area contributed by atoms with Crippen LogP contribution in [0.4, 0.5) is 0 Å². The molecule has 0 saturated carbocycles. The molecule has 1 aromatic heterocycles. The van der Waals surface area contributed by atoms with Crippen LogP contribution in [0.1, 0.15) is 48.2 Å². The summed E-state index contributed by atoms with van der Waals surface area (Å²) >= 11 is 5.74. The molecule has 6 heteroatoms. The number of alkyl halides is 1. The Balaban J connectivity index is 2.32. The Morgan fingerprint density at radius 1 is 1.19 bits per heavy atom. The van der Waals surface area contributed by atoms with Crippen LogP contribution >= 0.6 is 11.6 Å². The number of rotatable bonds is 2. The maximum atomic E-state index is 12.6. The standard InChI is InChI=1S/C15H9ClO5/c1-20-15(19)10-9(6-16)21-14-11(10)12(17)7-4-2-3-5-8(7)13(14)18/h2-5H,6H2,1H3. The lowest BCUT2D eigenvalue weighted by Gasteiger charge is -2.13. The number of fused-ring (bicyclic) bond motifs is 2. The van der Waals surface area contributed by atoms with E-state index in [0.29, 0.717) is 0 Å². The summed E-state index contributed by atoms with van der Waals surface area (Å²) in [5, 5.41) is 0. The Labute approximate surface area is 124 Å². The number of carbonyl (C=O) groups is 3. The Hall–Kier alpha value is -2.40. The van der Waals surface area contributed by atoms with Crippen LogP contribution in [0, 0.1) is 0 Å². The van der Waals surface area contributed by atoms with Crippen molar-refractivity contribution in [2.45, 2.75) is 5.88 Å². The van der Waals surface area contributed by atoms with Crippen molar-refractivity contribution >= 4 is 29.1 Å². The van der Waals surface area contributed by atoms with Crippen LogP contribution in [-0.2, 0) is 10.6 Å². The predicted molar refractivity (Wildman–Crippen MR) is 72.9 cm³/mol. The number of halogens is 1. The number of ether oxygens (including phenoxy) is 1. The third-order valence-electron chi connectivity index (χ3n) is 3.34. The zero-order valence-electron chi connectivity index (χ0n) is 10.9. The SMILES string of the molecule is COC(=O)c1c(CCl)oc2c1C(=O)c1ccccc1C2=O. The van der Waals surface area contributed by atoms with Gasteiger partial charge in [0.15, 0.2) is 11.5 Å². The number of hydrogen-bond acceptors (Lipinski definition) is 5. The topological polar surface area (TPSA) is 73.6 Å². The van der Waals surface area contributed by atoms with Crippen molar-refractivity contribution in [1.82, 2.24) is 0 Å². The first-order chi connectivity index (χ1) is 10.1. The maximum Gasteiger partial charge on any atom is 0.342 e. The van der Waals surface area contributed by atoms with E-state index in [1.165, 1.54) is 13.2 Å². The third kappa shape index (κ3) is 1.81. The van der Waals surface area contributed by atoms with Gasteiger partial charge in [0.2, 0.25) is 5.78 Å². The van der Waals surface area contributed by atoms with E-state index in [1.807, 2.05) is 0 Å². The molecule has 3 rings (SSSR count). The van der Waals surface area contributed by atoms with E-state index >= 15 is 0 Å². The van der Waals surface area contributed by atoms with Crippen molar-refractivity contribution in [2.75, 3.05) is 7.11 Å². The average molecular weight is 305 g/mol. The van der Waals surface area contributed by atoms with Crippen molar-refractivity contribution in [3.63, 3.8) is 0 Å². The molecule has 106 valence electrons. The second kappa shape index (κ2) is 4.86. The molecule has 0 radical (unpaired) electrons. The zero-order valence-corrected chi connectivity index (χ0v) is 11.7. The Morgan fingerprint density at radius 3 is 2.38 bits per heavy atom. The van der Waals surface area contributed by atoms with Crippen LogP contribution in [0.25, 0.3) is 0 Å². The van der Waals surface area contributed by atoms with Gasteiger partial charge in [0, 0.05) is 11.1 Å². The van der Waals surface area contributed by atoms with Crippen LogP contribution in [0.15, 0.2) is 28.7 Å². The summed E-state index contributed by atoms with van der Waals surface area (Å²) in [5.74, 6) is -1.88. The van der Waals surface area contributed by atoms with Gasteiger partial charge >= 0.3 is 5.97 Å². The fourth-order valence-electron chi connectivity index (χ4n) is 2.40. The van der Waals surface area contributed by atoms with E-state index < -0.39 is 17.5 Å². The van der Waals surface area contributed by atoms with Gasteiger partial charge in [-0.25, -0.2) is 4.79 Å². The summed E-state index contributed by atoms with van der Waals surface area (Å²) in [6, 6.07) is 6.38. The smallest absolute Gasteiger partial charge is 0.342 e. The van der Waals surface area contributed by atoms with Crippen molar-refractivity contribution < 1.29 is 23.5 Å². The van der Waals surface area contributed by atoms with Gasteiger partial charge < -0.3 is 9.15 Å². The number of esters is 1. The molecule has 0 saturated heterocycles. The highest BCUT2D eigenvalue weighted by atomic mass is 35.5. The molecule has 0 fully saturated rings. The second-order valence-corrected chi connectivity index (χ2v) is 4.70. The summed E-state index contributed by atoms with van der Waals surface area (Å²) in [4.78, 5) is 36.9. The molecule has 21 heavy (non-hydrogen) atoms. The molecule has 0 amide bonds. The molecule has 2 aromatic rings. The summed E-state index contributed by atoms with van der Waals surface area (Å²) < 4.78 is 10.00. The molecular formula is C15H9ClO5. The van der Waals surface area contributed by atoms with E-state index in [9.17, 15) is 14.4 Å². The Bertz CT molecular complexity index is 787. The zero-order chi connectivity index (χ0) is 15.1. The molecule has 0 atom stereocenters. The molecule has 1 aromatic carbocycles. The van der Waals surface area contributed by atoms with Crippen LogP contribution in [-0.4, -0.2) is 24.6 Å². The van der Waals surface area contributed by atoms with E-state index in [-0.39, 0.29) is 39.7 Å². The van der Waals surface area contributed by atoms with Gasteiger partial charge in [-0.1, -0.05) is 24.3 Å². The lowest BCUT2D eigenvalue weighted by molar-refractivity contribution is 0.0595. The molecule has 0 unspecified atom stereocenters. The molecule has 1 aliphatic carbocycles. The number of methoxy groups -OCH3 is 1. The number of benzene rings is 1. The van der Waals surface area contributed by atoms with E-state index in [2.05, 4.69) is 4.74 Å². The normalized spacial score (nSPS) is 12.9. The molecule has 5 nitrogen and oxygen atoms in total. The summed E-state index contributed by atoms with van der Waals surface area (Å²) in [7, 11) is 1.18. The minimum absolute atomic E-state index is 0.0584. The fraction of sp³-hybridized carbons (Fsp3) is 0.133. The first-order valence-corrected chi connectivity index (χ1v) is 6.62. The van der Waals surface area contributed by atoms with Gasteiger partial charge in [-0.05, 0) is 0 Å². The highest BCUT2D eigenvalue weighted by Crippen LogP contribution is 2.34. The van der Waals surface area contributed by atoms with Crippen molar-refractivity contribution in [2.24, 2.45) is 0 Å².